The Morgan fingerprint density at radius 2 is 2.36 bits per heavy atom. The number of nitrogens with zero attached hydrogens (tertiary/aromatic N) is 2. The lowest BCUT2D eigenvalue weighted by atomic mass is 10.2. The van der Waals surface area contributed by atoms with Crippen LogP contribution in [-0.2, 0) is 13.6 Å². The van der Waals surface area contributed by atoms with E-state index in [2.05, 4.69) is 22.0 Å². The lowest BCUT2D eigenvalue weighted by Crippen LogP contribution is -2.16. The summed E-state index contributed by atoms with van der Waals surface area (Å²) in [4.78, 5) is 0. The molecule has 0 aromatic carbocycles. The van der Waals surface area contributed by atoms with Crippen molar-refractivity contribution in [3.05, 3.63) is 24.0 Å². The molecule has 0 spiro atoms. The van der Waals surface area contributed by atoms with Gasteiger partial charge >= 0.3 is 0 Å². The van der Waals surface area contributed by atoms with Crippen LogP contribution in [-0.4, -0.2) is 11.1 Å². The molecule has 0 amide bonds. The van der Waals surface area contributed by atoms with Crippen molar-refractivity contribution in [1.29, 1.82) is 5.26 Å². The molecule has 0 bridgehead atoms. The molecule has 0 atom stereocenters. The van der Waals surface area contributed by atoms with Crippen molar-refractivity contribution in [2.75, 3.05) is 6.54 Å². The van der Waals surface area contributed by atoms with E-state index in [1.165, 1.54) is 5.69 Å². The van der Waals surface area contributed by atoms with Crippen molar-refractivity contribution in [2.24, 2.45) is 7.05 Å². The highest BCUT2D eigenvalue weighted by molar-refractivity contribution is 5.05. The van der Waals surface area contributed by atoms with Crippen LogP contribution in [0.3, 0.4) is 0 Å². The second kappa shape index (κ2) is 6.22. The van der Waals surface area contributed by atoms with E-state index in [0.717, 1.165) is 25.9 Å². The van der Waals surface area contributed by atoms with E-state index in [0.29, 0.717) is 6.42 Å². The first-order chi connectivity index (χ1) is 6.84. The van der Waals surface area contributed by atoms with Crippen molar-refractivity contribution in [3.8, 4) is 6.07 Å². The summed E-state index contributed by atoms with van der Waals surface area (Å²) in [5.41, 5.74) is 1.30. The Labute approximate surface area is 85.3 Å². The van der Waals surface area contributed by atoms with Crippen molar-refractivity contribution in [2.45, 2.75) is 25.8 Å². The first kappa shape index (κ1) is 10.8. The van der Waals surface area contributed by atoms with Crippen LogP contribution in [0.1, 0.15) is 25.0 Å². The van der Waals surface area contributed by atoms with Gasteiger partial charge in [0.1, 0.15) is 0 Å². The lowest BCUT2D eigenvalue weighted by molar-refractivity contribution is 0.610. The molecule has 0 saturated heterocycles. The molecular weight excluding hydrogens is 174 g/mol. The van der Waals surface area contributed by atoms with Gasteiger partial charge < -0.3 is 9.88 Å². The number of aryl methyl sites for hydroxylation is 1. The Morgan fingerprint density at radius 3 is 3.00 bits per heavy atom. The Balaban J connectivity index is 2.05. The molecular formula is C11H17N3. The summed E-state index contributed by atoms with van der Waals surface area (Å²) >= 11 is 0. The molecule has 1 N–H and O–H groups in total. The van der Waals surface area contributed by atoms with E-state index >= 15 is 0 Å². The van der Waals surface area contributed by atoms with Crippen LogP contribution in [0.5, 0.6) is 0 Å². The van der Waals surface area contributed by atoms with Gasteiger partial charge in [0.25, 0.3) is 0 Å². The van der Waals surface area contributed by atoms with Crippen LogP contribution >= 0.6 is 0 Å². The number of nitrogens with one attached hydrogen (secondary N) is 1. The van der Waals surface area contributed by atoms with Crippen LogP contribution < -0.4 is 5.32 Å². The van der Waals surface area contributed by atoms with Gasteiger partial charge in [0.15, 0.2) is 0 Å². The highest BCUT2D eigenvalue weighted by Gasteiger charge is 1.95. The van der Waals surface area contributed by atoms with Crippen molar-refractivity contribution in [3.63, 3.8) is 0 Å². The van der Waals surface area contributed by atoms with Gasteiger partial charge in [-0.25, -0.2) is 0 Å². The number of hydrogen-bond acceptors (Lipinski definition) is 2. The van der Waals surface area contributed by atoms with Gasteiger partial charge in [0.05, 0.1) is 6.07 Å². The molecule has 0 saturated carbocycles. The Bertz CT molecular complexity index is 296. The van der Waals surface area contributed by atoms with Gasteiger partial charge in [0.2, 0.25) is 0 Å². The monoisotopic (exact) mass is 191 g/mol. The quantitative estimate of drug-likeness (QED) is 0.697. The minimum atomic E-state index is 0.672. The highest BCUT2D eigenvalue weighted by Crippen LogP contribution is 1.98. The summed E-state index contributed by atoms with van der Waals surface area (Å²) < 4.78 is 2.11. The topological polar surface area (TPSA) is 40.8 Å². The van der Waals surface area contributed by atoms with Crippen LogP contribution in [0, 0.1) is 11.3 Å². The molecule has 14 heavy (non-hydrogen) atoms. The fraction of sp³-hybridized carbons (Fsp3) is 0.545. The van der Waals surface area contributed by atoms with E-state index < -0.39 is 0 Å². The molecule has 1 heterocycles. The lowest BCUT2D eigenvalue weighted by Gasteiger charge is -2.04. The summed E-state index contributed by atoms with van der Waals surface area (Å²) in [5, 5.41) is 11.7. The Hall–Kier alpha value is -1.27. The molecule has 3 nitrogen and oxygen atoms in total. The zero-order chi connectivity index (χ0) is 10.2. The number of rotatable bonds is 6. The van der Waals surface area contributed by atoms with Gasteiger partial charge in [-0.15, -0.1) is 0 Å². The largest absolute Gasteiger partial charge is 0.353 e. The molecule has 1 rings (SSSR count). The third-order valence-corrected chi connectivity index (χ3v) is 2.25. The molecule has 0 aliphatic rings. The number of aromatic nitrogens is 1. The van der Waals surface area contributed by atoms with Crippen molar-refractivity contribution >= 4 is 0 Å². The average Bonchev–Trinajstić information content (AvgIpc) is 2.58. The predicted octanol–water partition coefficient (Wildman–Crippen LogP) is 1.81. The fourth-order valence-electron chi connectivity index (χ4n) is 1.35. The third kappa shape index (κ3) is 3.63. The van der Waals surface area contributed by atoms with Gasteiger partial charge in [0, 0.05) is 31.9 Å². The standard InChI is InChI=1S/C11H17N3/c1-14-9-5-6-11(14)10-13-8-4-2-3-7-12/h5-6,9,13H,2-4,8,10H2,1H3. The van der Waals surface area contributed by atoms with Crippen LogP contribution in [0.15, 0.2) is 18.3 Å². The van der Waals surface area contributed by atoms with Crippen LogP contribution in [0.25, 0.3) is 0 Å². The van der Waals surface area contributed by atoms with Crippen LogP contribution in [0.2, 0.25) is 0 Å². The first-order valence-electron chi connectivity index (χ1n) is 5.02. The van der Waals surface area contributed by atoms with Gasteiger partial charge in [-0.1, -0.05) is 0 Å². The van der Waals surface area contributed by atoms with Gasteiger partial charge in [-0.05, 0) is 31.5 Å². The van der Waals surface area contributed by atoms with Crippen molar-refractivity contribution in [1.82, 2.24) is 9.88 Å². The molecule has 0 aliphatic carbocycles. The van der Waals surface area contributed by atoms with Crippen LogP contribution in [0.4, 0.5) is 0 Å². The van der Waals surface area contributed by atoms with Gasteiger partial charge in [-0.2, -0.15) is 5.26 Å². The first-order valence-corrected chi connectivity index (χ1v) is 5.02. The number of hydrogen-bond donors (Lipinski definition) is 1. The summed E-state index contributed by atoms with van der Waals surface area (Å²) in [6.45, 7) is 1.91. The third-order valence-electron chi connectivity index (χ3n) is 2.25. The van der Waals surface area contributed by atoms with E-state index in [1.54, 1.807) is 0 Å². The van der Waals surface area contributed by atoms with E-state index in [1.807, 2.05) is 19.3 Å². The predicted molar refractivity (Wildman–Crippen MR) is 56.6 cm³/mol. The summed E-state index contributed by atoms with van der Waals surface area (Å²) in [6, 6.07) is 6.31. The Kier molecular flexibility index (Phi) is 4.81. The molecule has 0 radical (unpaired) electrons. The second-order valence-corrected chi connectivity index (χ2v) is 3.40. The fourth-order valence-corrected chi connectivity index (χ4v) is 1.35. The molecule has 76 valence electrons. The highest BCUT2D eigenvalue weighted by atomic mass is 15.0. The van der Waals surface area contributed by atoms with E-state index in [4.69, 9.17) is 5.26 Å². The molecule has 0 unspecified atom stereocenters. The number of unbranched alkanes of at least 4 members (excludes halogenated alkanes) is 2. The molecule has 0 fully saturated rings. The summed E-state index contributed by atoms with van der Waals surface area (Å²) in [7, 11) is 2.05. The van der Waals surface area contributed by atoms with E-state index in [9.17, 15) is 0 Å². The van der Waals surface area contributed by atoms with E-state index in [-0.39, 0.29) is 0 Å². The Morgan fingerprint density at radius 1 is 1.50 bits per heavy atom. The minimum absolute atomic E-state index is 0.672. The molecule has 0 aliphatic heterocycles. The maximum Gasteiger partial charge on any atom is 0.0621 e. The minimum Gasteiger partial charge on any atom is -0.353 e. The molecule has 1 aromatic heterocycles. The smallest absolute Gasteiger partial charge is 0.0621 e. The van der Waals surface area contributed by atoms with Crippen molar-refractivity contribution < 1.29 is 0 Å². The zero-order valence-electron chi connectivity index (χ0n) is 8.66. The normalized spacial score (nSPS) is 10.0. The summed E-state index contributed by atoms with van der Waals surface area (Å²) in [6.07, 6.45) is 4.80. The molecule has 1 aromatic rings. The SMILES string of the molecule is Cn1cccc1CNCCCCC#N. The zero-order valence-corrected chi connectivity index (χ0v) is 8.66. The molecule has 3 heteroatoms. The average molecular weight is 191 g/mol. The number of nitriles is 1. The van der Waals surface area contributed by atoms with Gasteiger partial charge in [-0.3, -0.25) is 0 Å². The summed E-state index contributed by atoms with van der Waals surface area (Å²) in [5.74, 6) is 0. The second-order valence-electron chi connectivity index (χ2n) is 3.40. The maximum atomic E-state index is 8.34. The maximum absolute atomic E-state index is 8.34.